The van der Waals surface area contributed by atoms with Crippen molar-refractivity contribution in [1.29, 1.82) is 0 Å². The summed E-state index contributed by atoms with van der Waals surface area (Å²) in [5, 5.41) is 13.3. The maximum absolute atomic E-state index is 11.6. The monoisotopic (exact) mass is 285 g/mol. The molecular weight excluding hydrogens is 266 g/mol. The van der Waals surface area contributed by atoms with Gasteiger partial charge in [-0.2, -0.15) is 0 Å². The molecule has 1 atom stereocenters. The van der Waals surface area contributed by atoms with E-state index >= 15 is 0 Å². The molecule has 0 saturated carbocycles. The molecule has 1 amide bonds. The number of rotatable bonds is 9. The molecule has 1 rings (SSSR count). The van der Waals surface area contributed by atoms with E-state index < -0.39 is 12.1 Å². The maximum Gasteiger partial charge on any atom is 0.306 e. The van der Waals surface area contributed by atoms with Gasteiger partial charge in [-0.05, 0) is 24.3 Å². The number of methoxy groups -OCH3 is 1. The molecule has 0 aliphatic rings. The Bertz CT molecular complexity index is 391. The molecular formula is C13H19NO4S. The highest BCUT2D eigenvalue weighted by molar-refractivity contribution is 7.09. The van der Waals surface area contributed by atoms with E-state index in [-0.39, 0.29) is 18.9 Å². The Hall–Kier alpha value is -1.40. The van der Waals surface area contributed by atoms with Crippen LogP contribution in [0.1, 0.15) is 24.1 Å². The van der Waals surface area contributed by atoms with Crippen molar-refractivity contribution in [3.8, 4) is 0 Å². The van der Waals surface area contributed by atoms with Gasteiger partial charge in [0.25, 0.3) is 0 Å². The van der Waals surface area contributed by atoms with E-state index in [1.807, 2.05) is 11.4 Å². The van der Waals surface area contributed by atoms with Crippen LogP contribution in [0, 0.1) is 0 Å². The van der Waals surface area contributed by atoms with Crippen molar-refractivity contribution in [1.82, 2.24) is 5.32 Å². The summed E-state index contributed by atoms with van der Waals surface area (Å²) >= 11 is 1.69. The summed E-state index contributed by atoms with van der Waals surface area (Å²) in [6.07, 6.45) is 1.56. The first-order valence-electron chi connectivity index (χ1n) is 6.15. The molecule has 6 heteroatoms. The second-order valence-electron chi connectivity index (χ2n) is 4.19. The lowest BCUT2D eigenvalue weighted by Crippen LogP contribution is -2.34. The highest BCUT2D eigenvalue weighted by Crippen LogP contribution is 2.11. The Kier molecular flexibility index (Phi) is 7.14. The summed E-state index contributed by atoms with van der Waals surface area (Å²) in [4.78, 5) is 23.4. The number of carbonyl (C=O) groups excluding carboxylic acids is 1. The summed E-state index contributed by atoms with van der Waals surface area (Å²) in [6.45, 7) is 0.237. The number of hydrogen-bond donors (Lipinski definition) is 2. The summed E-state index contributed by atoms with van der Waals surface area (Å²) in [5.74, 6) is -0.997. The van der Waals surface area contributed by atoms with Gasteiger partial charge in [0.15, 0.2) is 0 Å². The molecule has 1 aromatic heterocycles. The lowest BCUT2D eigenvalue weighted by atomic mass is 10.2. The van der Waals surface area contributed by atoms with Crippen molar-refractivity contribution in [3.63, 3.8) is 0 Å². The standard InChI is InChI=1S/C13H19NO4S/c1-18-10(8-13(16)17)9-14-12(15)6-2-4-11-5-3-7-19-11/h3,5,7,10H,2,4,6,8-9H2,1H3,(H,14,15)(H,16,17). The molecule has 106 valence electrons. The molecule has 2 N–H and O–H groups in total. The van der Waals surface area contributed by atoms with Crippen LogP contribution < -0.4 is 5.32 Å². The zero-order chi connectivity index (χ0) is 14.1. The molecule has 5 nitrogen and oxygen atoms in total. The number of carbonyl (C=O) groups is 2. The molecule has 0 bridgehead atoms. The Morgan fingerprint density at radius 3 is 2.89 bits per heavy atom. The van der Waals surface area contributed by atoms with Crippen molar-refractivity contribution < 1.29 is 19.4 Å². The van der Waals surface area contributed by atoms with Gasteiger partial charge in [0, 0.05) is 25.0 Å². The SMILES string of the molecule is COC(CNC(=O)CCCc1cccs1)CC(=O)O. The van der Waals surface area contributed by atoms with Crippen LogP contribution in [0.3, 0.4) is 0 Å². The summed E-state index contributed by atoms with van der Waals surface area (Å²) < 4.78 is 4.98. The number of carboxylic acids is 1. The van der Waals surface area contributed by atoms with Crippen molar-refractivity contribution in [3.05, 3.63) is 22.4 Å². The van der Waals surface area contributed by atoms with Gasteiger partial charge in [0.05, 0.1) is 12.5 Å². The van der Waals surface area contributed by atoms with Crippen molar-refractivity contribution in [2.45, 2.75) is 31.8 Å². The molecule has 1 unspecified atom stereocenters. The average molecular weight is 285 g/mol. The number of amides is 1. The fraction of sp³-hybridized carbons (Fsp3) is 0.538. The predicted molar refractivity (Wildman–Crippen MR) is 73.3 cm³/mol. The predicted octanol–water partition coefficient (Wildman–Crippen LogP) is 1.68. The fourth-order valence-corrected chi connectivity index (χ4v) is 2.38. The smallest absolute Gasteiger partial charge is 0.306 e. The highest BCUT2D eigenvalue weighted by atomic mass is 32.1. The minimum absolute atomic E-state index is 0.0657. The molecule has 19 heavy (non-hydrogen) atoms. The number of ether oxygens (including phenoxy) is 1. The Balaban J connectivity index is 2.14. The van der Waals surface area contributed by atoms with Crippen LogP contribution in [0.2, 0.25) is 0 Å². The van der Waals surface area contributed by atoms with Gasteiger partial charge in [-0.15, -0.1) is 11.3 Å². The number of thiophene rings is 1. The molecule has 0 aromatic carbocycles. The first-order valence-corrected chi connectivity index (χ1v) is 7.03. The molecule has 1 heterocycles. The van der Waals surface area contributed by atoms with Crippen LogP contribution in [0.15, 0.2) is 17.5 Å². The van der Waals surface area contributed by atoms with Gasteiger partial charge < -0.3 is 15.2 Å². The van der Waals surface area contributed by atoms with E-state index in [0.29, 0.717) is 6.42 Å². The second-order valence-corrected chi connectivity index (χ2v) is 5.22. The summed E-state index contributed by atoms with van der Waals surface area (Å²) in [7, 11) is 1.44. The van der Waals surface area contributed by atoms with Crippen LogP contribution in [0.5, 0.6) is 0 Å². The van der Waals surface area contributed by atoms with Gasteiger partial charge in [0.1, 0.15) is 0 Å². The van der Waals surface area contributed by atoms with Gasteiger partial charge in [-0.3, -0.25) is 9.59 Å². The molecule has 0 fully saturated rings. The first kappa shape index (κ1) is 15.7. The van der Waals surface area contributed by atoms with Crippen LogP contribution in [0.4, 0.5) is 0 Å². The van der Waals surface area contributed by atoms with E-state index in [0.717, 1.165) is 12.8 Å². The zero-order valence-electron chi connectivity index (χ0n) is 10.9. The number of nitrogens with one attached hydrogen (secondary N) is 1. The lowest BCUT2D eigenvalue weighted by molar-refractivity contribution is -0.140. The minimum Gasteiger partial charge on any atom is -0.481 e. The maximum atomic E-state index is 11.6. The third-order valence-corrected chi connectivity index (χ3v) is 3.61. The van der Waals surface area contributed by atoms with Gasteiger partial charge in [-0.1, -0.05) is 6.07 Å². The largest absolute Gasteiger partial charge is 0.481 e. The fourth-order valence-electron chi connectivity index (χ4n) is 1.63. The quantitative estimate of drug-likeness (QED) is 0.724. The van der Waals surface area contributed by atoms with E-state index in [2.05, 4.69) is 11.4 Å². The van der Waals surface area contributed by atoms with Gasteiger partial charge in [0.2, 0.25) is 5.91 Å². The second kappa shape index (κ2) is 8.66. The minimum atomic E-state index is -0.932. The molecule has 1 aromatic rings. The molecule has 0 aliphatic carbocycles. The van der Waals surface area contributed by atoms with E-state index in [4.69, 9.17) is 9.84 Å². The average Bonchev–Trinajstić information content (AvgIpc) is 2.87. The number of aryl methyl sites for hydroxylation is 1. The van der Waals surface area contributed by atoms with E-state index in [1.54, 1.807) is 11.3 Å². The van der Waals surface area contributed by atoms with Crippen LogP contribution in [-0.4, -0.2) is 36.7 Å². The van der Waals surface area contributed by atoms with Crippen LogP contribution in [0.25, 0.3) is 0 Å². The molecule has 0 aliphatic heterocycles. The molecule has 0 spiro atoms. The van der Waals surface area contributed by atoms with Crippen LogP contribution in [-0.2, 0) is 20.7 Å². The summed E-state index contributed by atoms with van der Waals surface area (Å²) in [5.41, 5.74) is 0. The Morgan fingerprint density at radius 1 is 1.53 bits per heavy atom. The molecule has 0 saturated heterocycles. The molecule has 0 radical (unpaired) electrons. The Labute approximate surface area is 116 Å². The van der Waals surface area contributed by atoms with Crippen molar-refractivity contribution >= 4 is 23.2 Å². The highest BCUT2D eigenvalue weighted by Gasteiger charge is 2.13. The first-order chi connectivity index (χ1) is 9.11. The number of aliphatic carboxylic acids is 1. The third-order valence-electron chi connectivity index (χ3n) is 2.67. The summed E-state index contributed by atoms with van der Waals surface area (Å²) in [6, 6.07) is 4.05. The van der Waals surface area contributed by atoms with Crippen LogP contribution >= 0.6 is 11.3 Å². The normalized spacial score (nSPS) is 12.1. The van der Waals surface area contributed by atoms with E-state index in [9.17, 15) is 9.59 Å². The topological polar surface area (TPSA) is 75.6 Å². The van der Waals surface area contributed by atoms with Crippen molar-refractivity contribution in [2.24, 2.45) is 0 Å². The third kappa shape index (κ3) is 6.93. The lowest BCUT2D eigenvalue weighted by Gasteiger charge is -2.13. The van der Waals surface area contributed by atoms with Crippen molar-refractivity contribution in [2.75, 3.05) is 13.7 Å². The van der Waals surface area contributed by atoms with Gasteiger partial charge >= 0.3 is 5.97 Å². The Morgan fingerprint density at radius 2 is 2.32 bits per heavy atom. The zero-order valence-corrected chi connectivity index (χ0v) is 11.7. The van der Waals surface area contributed by atoms with Gasteiger partial charge in [-0.25, -0.2) is 0 Å². The van der Waals surface area contributed by atoms with E-state index in [1.165, 1.54) is 12.0 Å². The number of carboxylic acid groups (broad SMARTS) is 1. The number of hydrogen-bond acceptors (Lipinski definition) is 4.